The topological polar surface area (TPSA) is 26.3 Å². The molecule has 0 heterocycles. The normalized spacial score (nSPS) is 11.5. The van der Waals surface area contributed by atoms with Gasteiger partial charge >= 0.3 is 0 Å². The van der Waals surface area contributed by atoms with E-state index in [9.17, 15) is 4.57 Å². The molecule has 0 bridgehead atoms. The van der Waals surface area contributed by atoms with Gasteiger partial charge in [-0.2, -0.15) is 0 Å². The van der Waals surface area contributed by atoms with Crippen LogP contribution in [0.1, 0.15) is 13.8 Å². The molecule has 64 valence electrons. The molecule has 0 amide bonds. The Labute approximate surface area is 73.8 Å². The highest BCUT2D eigenvalue weighted by molar-refractivity contribution is 7.25. The van der Waals surface area contributed by atoms with Crippen LogP contribution in [0.15, 0.2) is 30.3 Å². The van der Waals surface area contributed by atoms with Crippen LogP contribution in [0.2, 0.25) is 0 Å². The largest absolute Gasteiger partial charge is 0.476 e. The van der Waals surface area contributed by atoms with Crippen molar-refractivity contribution in [2.45, 2.75) is 19.2 Å². The van der Waals surface area contributed by atoms with Crippen molar-refractivity contribution in [3.8, 4) is 5.75 Å². The minimum atomic E-state index is -0.638. The summed E-state index contributed by atoms with van der Waals surface area (Å²) in [5.41, 5.74) is 0. The van der Waals surface area contributed by atoms with Crippen LogP contribution in [0, 0.1) is 0 Å². The van der Waals surface area contributed by atoms with Gasteiger partial charge in [0.15, 0.2) is 5.34 Å². The highest BCUT2D eigenvalue weighted by atomic mass is 31.1. The molecule has 0 aliphatic heterocycles. The van der Waals surface area contributed by atoms with Crippen molar-refractivity contribution in [3.05, 3.63) is 30.3 Å². The zero-order chi connectivity index (χ0) is 9.03. The SMILES string of the molecule is CC(C)(Oc1ccccc1)P=O. The zero-order valence-corrected chi connectivity index (χ0v) is 8.04. The van der Waals surface area contributed by atoms with Crippen molar-refractivity contribution in [1.82, 2.24) is 0 Å². The molecule has 1 aromatic carbocycles. The molecular formula is C9H11O2P. The maximum atomic E-state index is 10.6. The maximum Gasteiger partial charge on any atom is 0.203 e. The second kappa shape index (κ2) is 3.68. The molecule has 0 atom stereocenters. The van der Waals surface area contributed by atoms with Crippen LogP contribution < -0.4 is 4.74 Å². The lowest BCUT2D eigenvalue weighted by Crippen LogP contribution is -2.19. The van der Waals surface area contributed by atoms with Gasteiger partial charge in [-0.25, -0.2) is 0 Å². The van der Waals surface area contributed by atoms with Crippen LogP contribution in [0.4, 0.5) is 0 Å². The van der Waals surface area contributed by atoms with Crippen LogP contribution in [0.3, 0.4) is 0 Å². The first-order valence-corrected chi connectivity index (χ1v) is 4.54. The average Bonchev–Trinajstić information content (AvgIpc) is 2.06. The lowest BCUT2D eigenvalue weighted by atomic mass is 10.3. The van der Waals surface area contributed by atoms with Gasteiger partial charge in [0.1, 0.15) is 5.75 Å². The molecule has 0 spiro atoms. The Bertz CT molecular complexity index is 256. The monoisotopic (exact) mass is 182 g/mol. The van der Waals surface area contributed by atoms with E-state index >= 15 is 0 Å². The lowest BCUT2D eigenvalue weighted by Gasteiger charge is -2.17. The van der Waals surface area contributed by atoms with Gasteiger partial charge < -0.3 is 4.74 Å². The van der Waals surface area contributed by atoms with E-state index in [-0.39, 0.29) is 8.46 Å². The molecule has 0 unspecified atom stereocenters. The molecule has 0 aliphatic carbocycles. The van der Waals surface area contributed by atoms with E-state index in [4.69, 9.17) is 4.74 Å². The number of rotatable bonds is 3. The summed E-state index contributed by atoms with van der Waals surface area (Å²) in [6, 6.07) is 9.36. The van der Waals surface area contributed by atoms with Gasteiger partial charge in [-0.05, 0) is 26.0 Å². The predicted octanol–water partition coefficient (Wildman–Crippen LogP) is 3.09. The first-order chi connectivity index (χ1) is 5.64. The molecule has 0 aromatic heterocycles. The number of benzene rings is 1. The third-order valence-electron chi connectivity index (χ3n) is 1.33. The molecule has 0 saturated heterocycles. The molecular weight excluding hydrogens is 171 g/mol. The fourth-order valence-corrected chi connectivity index (χ4v) is 0.938. The molecule has 1 rings (SSSR count). The van der Waals surface area contributed by atoms with Gasteiger partial charge in [-0.1, -0.05) is 18.2 Å². The van der Waals surface area contributed by atoms with E-state index in [2.05, 4.69) is 0 Å². The highest BCUT2D eigenvalue weighted by Gasteiger charge is 2.19. The Kier molecular flexibility index (Phi) is 2.83. The summed E-state index contributed by atoms with van der Waals surface area (Å²) in [5.74, 6) is 0.742. The smallest absolute Gasteiger partial charge is 0.203 e. The second-order valence-electron chi connectivity index (χ2n) is 2.95. The van der Waals surface area contributed by atoms with Crippen molar-refractivity contribution in [2.75, 3.05) is 0 Å². The molecule has 0 saturated carbocycles. The number of ether oxygens (including phenoxy) is 1. The van der Waals surface area contributed by atoms with Crippen LogP contribution in [0.25, 0.3) is 0 Å². The summed E-state index contributed by atoms with van der Waals surface area (Å²) < 4.78 is 16.0. The van der Waals surface area contributed by atoms with Gasteiger partial charge in [0.25, 0.3) is 0 Å². The van der Waals surface area contributed by atoms with Gasteiger partial charge in [-0.15, -0.1) is 0 Å². The first kappa shape index (κ1) is 9.21. The maximum absolute atomic E-state index is 10.6. The molecule has 12 heavy (non-hydrogen) atoms. The van der Waals surface area contributed by atoms with Crippen molar-refractivity contribution in [3.63, 3.8) is 0 Å². The Morgan fingerprint density at radius 1 is 1.25 bits per heavy atom. The van der Waals surface area contributed by atoms with E-state index in [0.29, 0.717) is 0 Å². The minimum absolute atomic E-state index is 0.00625. The third kappa shape index (κ3) is 2.63. The summed E-state index contributed by atoms with van der Waals surface area (Å²) in [7, 11) is -0.00625. The van der Waals surface area contributed by atoms with Crippen LogP contribution in [0.5, 0.6) is 5.75 Å². The van der Waals surface area contributed by atoms with Gasteiger partial charge in [-0.3, -0.25) is 4.57 Å². The molecule has 0 N–H and O–H groups in total. The summed E-state index contributed by atoms with van der Waals surface area (Å²) in [6.45, 7) is 3.54. The van der Waals surface area contributed by atoms with Gasteiger partial charge in [0.05, 0.1) is 0 Å². The summed E-state index contributed by atoms with van der Waals surface area (Å²) in [5, 5.41) is -0.638. The third-order valence-corrected chi connectivity index (χ3v) is 1.86. The molecule has 0 fully saturated rings. The molecule has 2 nitrogen and oxygen atoms in total. The fourth-order valence-electron chi connectivity index (χ4n) is 0.796. The van der Waals surface area contributed by atoms with Crippen molar-refractivity contribution < 1.29 is 9.30 Å². The Morgan fingerprint density at radius 2 is 1.83 bits per heavy atom. The average molecular weight is 182 g/mol. The van der Waals surface area contributed by atoms with Gasteiger partial charge in [0.2, 0.25) is 8.46 Å². The fraction of sp³-hybridized carbons (Fsp3) is 0.333. The van der Waals surface area contributed by atoms with Crippen molar-refractivity contribution in [1.29, 1.82) is 0 Å². The Morgan fingerprint density at radius 3 is 2.33 bits per heavy atom. The lowest BCUT2D eigenvalue weighted by molar-refractivity contribution is 0.199. The number of hydrogen-bond donors (Lipinski definition) is 0. The Balaban J connectivity index is 2.70. The predicted molar refractivity (Wildman–Crippen MR) is 48.8 cm³/mol. The van der Waals surface area contributed by atoms with Crippen molar-refractivity contribution in [2.24, 2.45) is 0 Å². The van der Waals surface area contributed by atoms with E-state index in [1.54, 1.807) is 13.8 Å². The van der Waals surface area contributed by atoms with E-state index in [0.717, 1.165) is 5.75 Å². The minimum Gasteiger partial charge on any atom is -0.476 e. The zero-order valence-electron chi connectivity index (χ0n) is 7.15. The van der Waals surface area contributed by atoms with Crippen LogP contribution in [-0.4, -0.2) is 5.34 Å². The summed E-state index contributed by atoms with van der Waals surface area (Å²) in [6.07, 6.45) is 0. The van der Waals surface area contributed by atoms with Gasteiger partial charge in [0, 0.05) is 0 Å². The van der Waals surface area contributed by atoms with Crippen LogP contribution in [-0.2, 0) is 4.57 Å². The quantitative estimate of drug-likeness (QED) is 0.671. The van der Waals surface area contributed by atoms with Crippen LogP contribution >= 0.6 is 8.46 Å². The highest BCUT2D eigenvalue weighted by Crippen LogP contribution is 2.25. The standard InChI is InChI=1S/C9H11O2P/c1-9(2,12-10)11-8-6-4-3-5-7-8/h3-7H,1-2H3. The molecule has 3 heteroatoms. The number of para-hydroxylation sites is 1. The molecule has 1 aromatic rings. The van der Waals surface area contributed by atoms with E-state index in [1.807, 2.05) is 30.3 Å². The van der Waals surface area contributed by atoms with E-state index in [1.165, 1.54) is 0 Å². The summed E-state index contributed by atoms with van der Waals surface area (Å²) in [4.78, 5) is 0. The van der Waals surface area contributed by atoms with E-state index < -0.39 is 5.34 Å². The number of hydrogen-bond acceptors (Lipinski definition) is 2. The van der Waals surface area contributed by atoms with Crippen molar-refractivity contribution >= 4 is 8.46 Å². The molecule has 0 radical (unpaired) electrons. The second-order valence-corrected chi connectivity index (χ2v) is 4.21. The Hall–Kier alpha value is -0.880. The molecule has 0 aliphatic rings. The summed E-state index contributed by atoms with van der Waals surface area (Å²) >= 11 is 0. The first-order valence-electron chi connectivity index (χ1n) is 3.73.